The van der Waals surface area contributed by atoms with Gasteiger partial charge in [-0.1, -0.05) is 6.92 Å². The summed E-state index contributed by atoms with van der Waals surface area (Å²) in [6.07, 6.45) is 0.304. The average Bonchev–Trinajstić information content (AvgIpc) is 2.65. The summed E-state index contributed by atoms with van der Waals surface area (Å²) in [7, 11) is 0. The van der Waals surface area contributed by atoms with Crippen LogP contribution in [0.25, 0.3) is 10.9 Å². The molecule has 0 N–H and O–H groups in total. The van der Waals surface area contributed by atoms with Crippen LogP contribution in [0.1, 0.15) is 23.8 Å². The normalized spacial score (nSPS) is 10.7. The van der Waals surface area contributed by atoms with Crippen molar-refractivity contribution < 1.29 is 9.72 Å². The predicted molar refractivity (Wildman–Crippen MR) is 62.0 cm³/mol. The summed E-state index contributed by atoms with van der Waals surface area (Å²) in [5, 5.41) is 15.6. The zero-order valence-electron chi connectivity index (χ0n) is 9.51. The molecule has 0 radical (unpaired) electrons. The zero-order chi connectivity index (χ0) is 12.6. The van der Waals surface area contributed by atoms with Crippen molar-refractivity contribution in [2.45, 2.75) is 20.3 Å². The van der Waals surface area contributed by atoms with Crippen LogP contribution in [0.2, 0.25) is 0 Å². The summed E-state index contributed by atoms with van der Waals surface area (Å²) in [5.41, 5.74) is 1.14. The van der Waals surface area contributed by atoms with Crippen molar-refractivity contribution in [1.82, 2.24) is 9.78 Å². The molecule has 0 saturated heterocycles. The van der Waals surface area contributed by atoms with Crippen LogP contribution in [-0.4, -0.2) is 20.6 Å². The van der Waals surface area contributed by atoms with E-state index in [1.165, 1.54) is 16.8 Å². The van der Waals surface area contributed by atoms with Gasteiger partial charge in [-0.2, -0.15) is 9.78 Å². The molecular weight excluding hydrogens is 222 g/mol. The number of nitro benzene ring substituents is 1. The van der Waals surface area contributed by atoms with Gasteiger partial charge in [0.05, 0.1) is 16.1 Å². The van der Waals surface area contributed by atoms with Crippen LogP contribution in [0.4, 0.5) is 5.69 Å². The molecule has 0 spiro atoms. The number of nitrogens with zero attached hydrogens (tertiary/aromatic N) is 3. The van der Waals surface area contributed by atoms with E-state index in [1.54, 1.807) is 19.9 Å². The molecule has 1 heterocycles. The second-order valence-corrected chi connectivity index (χ2v) is 3.70. The van der Waals surface area contributed by atoms with E-state index >= 15 is 0 Å². The van der Waals surface area contributed by atoms with Gasteiger partial charge in [-0.3, -0.25) is 14.9 Å². The number of hydrogen-bond acceptors (Lipinski definition) is 4. The van der Waals surface area contributed by atoms with Gasteiger partial charge in [0.1, 0.15) is 0 Å². The lowest BCUT2D eigenvalue weighted by molar-refractivity contribution is -0.384. The minimum Gasteiger partial charge on any atom is -0.273 e. The zero-order valence-corrected chi connectivity index (χ0v) is 9.51. The molecule has 0 amide bonds. The first kappa shape index (κ1) is 11.3. The minimum atomic E-state index is -0.484. The standard InChI is InChI=1S/C11H11N3O3/c1-3-11(15)13-10-6-8(14(16)17)4-5-9(10)7(2)12-13/h4-6H,3H2,1-2H3. The van der Waals surface area contributed by atoms with Gasteiger partial charge in [0.25, 0.3) is 5.69 Å². The van der Waals surface area contributed by atoms with Crippen molar-refractivity contribution in [2.24, 2.45) is 0 Å². The summed E-state index contributed by atoms with van der Waals surface area (Å²) in [5.74, 6) is -0.177. The first-order chi connectivity index (χ1) is 8.04. The maximum Gasteiger partial charge on any atom is 0.271 e. The smallest absolute Gasteiger partial charge is 0.271 e. The van der Waals surface area contributed by atoms with Crippen LogP contribution in [-0.2, 0) is 0 Å². The molecule has 88 valence electrons. The van der Waals surface area contributed by atoms with Crippen LogP contribution >= 0.6 is 0 Å². The van der Waals surface area contributed by atoms with Gasteiger partial charge in [0.2, 0.25) is 5.91 Å². The number of carbonyl (C=O) groups is 1. The van der Waals surface area contributed by atoms with E-state index in [9.17, 15) is 14.9 Å². The third-order valence-electron chi connectivity index (χ3n) is 2.60. The van der Waals surface area contributed by atoms with Gasteiger partial charge in [0, 0.05) is 23.9 Å². The number of non-ortho nitro benzene ring substituents is 1. The highest BCUT2D eigenvalue weighted by Gasteiger charge is 2.15. The van der Waals surface area contributed by atoms with Gasteiger partial charge in [-0.15, -0.1) is 0 Å². The van der Waals surface area contributed by atoms with Crippen LogP contribution in [0.5, 0.6) is 0 Å². The Morgan fingerprint density at radius 1 is 1.53 bits per heavy atom. The predicted octanol–water partition coefficient (Wildman–Crippen LogP) is 2.30. The Labute approximate surface area is 97.0 Å². The Bertz CT molecular complexity index is 616. The Hall–Kier alpha value is -2.24. The third-order valence-corrected chi connectivity index (χ3v) is 2.60. The number of rotatable bonds is 2. The number of nitro groups is 1. The molecule has 0 atom stereocenters. The first-order valence-corrected chi connectivity index (χ1v) is 5.21. The van der Waals surface area contributed by atoms with Crippen LogP contribution in [0.3, 0.4) is 0 Å². The van der Waals surface area contributed by atoms with Gasteiger partial charge in [-0.25, -0.2) is 0 Å². The van der Waals surface area contributed by atoms with E-state index in [0.717, 1.165) is 5.39 Å². The van der Waals surface area contributed by atoms with Gasteiger partial charge in [-0.05, 0) is 13.0 Å². The Morgan fingerprint density at radius 2 is 2.24 bits per heavy atom. The third kappa shape index (κ3) is 1.77. The average molecular weight is 233 g/mol. The molecule has 6 nitrogen and oxygen atoms in total. The molecule has 1 aromatic carbocycles. The number of aromatic nitrogens is 2. The monoisotopic (exact) mass is 233 g/mol. The Morgan fingerprint density at radius 3 is 2.82 bits per heavy atom. The minimum absolute atomic E-state index is 0.0393. The summed E-state index contributed by atoms with van der Waals surface area (Å²) >= 11 is 0. The number of hydrogen-bond donors (Lipinski definition) is 0. The van der Waals surface area contributed by atoms with E-state index in [-0.39, 0.29) is 11.6 Å². The van der Waals surface area contributed by atoms with Crippen molar-refractivity contribution in [2.75, 3.05) is 0 Å². The molecular formula is C11H11N3O3. The van der Waals surface area contributed by atoms with E-state index in [2.05, 4.69) is 5.10 Å². The molecule has 0 bridgehead atoms. The fraction of sp³-hybridized carbons (Fsp3) is 0.273. The number of benzene rings is 1. The maximum absolute atomic E-state index is 11.7. The van der Waals surface area contributed by atoms with Crippen molar-refractivity contribution in [3.63, 3.8) is 0 Å². The largest absolute Gasteiger partial charge is 0.273 e. The molecule has 0 aliphatic heterocycles. The van der Waals surface area contributed by atoms with E-state index < -0.39 is 4.92 Å². The van der Waals surface area contributed by atoms with Crippen molar-refractivity contribution >= 4 is 22.5 Å². The molecule has 2 aromatic rings. The van der Waals surface area contributed by atoms with E-state index in [1.807, 2.05) is 0 Å². The Kier molecular flexibility index (Phi) is 2.63. The van der Waals surface area contributed by atoms with Crippen LogP contribution in [0.15, 0.2) is 18.2 Å². The highest BCUT2D eigenvalue weighted by molar-refractivity contribution is 5.93. The molecule has 6 heteroatoms. The molecule has 0 saturated carbocycles. The summed E-state index contributed by atoms with van der Waals surface area (Å²) in [6, 6.07) is 4.41. The maximum atomic E-state index is 11.7. The van der Waals surface area contributed by atoms with Crippen molar-refractivity contribution in [3.8, 4) is 0 Å². The number of fused-ring (bicyclic) bond motifs is 1. The first-order valence-electron chi connectivity index (χ1n) is 5.21. The van der Waals surface area contributed by atoms with Crippen LogP contribution < -0.4 is 0 Å². The van der Waals surface area contributed by atoms with E-state index in [4.69, 9.17) is 0 Å². The second-order valence-electron chi connectivity index (χ2n) is 3.70. The van der Waals surface area contributed by atoms with Crippen LogP contribution in [0, 0.1) is 17.0 Å². The van der Waals surface area contributed by atoms with Crippen molar-refractivity contribution in [1.29, 1.82) is 0 Å². The molecule has 0 unspecified atom stereocenters. The summed E-state index contributed by atoms with van der Waals surface area (Å²) < 4.78 is 1.23. The highest BCUT2D eigenvalue weighted by atomic mass is 16.6. The molecule has 0 aliphatic carbocycles. The highest BCUT2D eigenvalue weighted by Crippen LogP contribution is 2.23. The molecule has 1 aromatic heterocycles. The molecule has 0 fully saturated rings. The molecule has 17 heavy (non-hydrogen) atoms. The lowest BCUT2D eigenvalue weighted by Crippen LogP contribution is -2.10. The van der Waals surface area contributed by atoms with Gasteiger partial charge < -0.3 is 0 Å². The molecule has 0 aliphatic rings. The topological polar surface area (TPSA) is 78.0 Å². The fourth-order valence-electron chi connectivity index (χ4n) is 1.71. The molecule has 2 rings (SSSR count). The second kappa shape index (κ2) is 3.97. The SMILES string of the molecule is CCC(=O)n1nc(C)c2ccc([N+](=O)[O-])cc21. The quantitative estimate of drug-likeness (QED) is 0.589. The van der Waals surface area contributed by atoms with Gasteiger partial charge in [0.15, 0.2) is 0 Å². The number of carbonyl (C=O) groups excluding carboxylic acids is 1. The van der Waals surface area contributed by atoms with Crippen molar-refractivity contribution in [3.05, 3.63) is 34.0 Å². The lowest BCUT2D eigenvalue weighted by Gasteiger charge is -1.98. The fourth-order valence-corrected chi connectivity index (χ4v) is 1.71. The lowest BCUT2D eigenvalue weighted by atomic mass is 10.2. The summed E-state index contributed by atoms with van der Waals surface area (Å²) in [6.45, 7) is 3.50. The number of aryl methyl sites for hydroxylation is 1. The summed E-state index contributed by atoms with van der Waals surface area (Å²) in [4.78, 5) is 21.9. The van der Waals surface area contributed by atoms with Gasteiger partial charge >= 0.3 is 0 Å². The Balaban J connectivity index is 2.73. The van der Waals surface area contributed by atoms with E-state index in [0.29, 0.717) is 17.6 Å².